The first kappa shape index (κ1) is 25.0. The van der Waals surface area contributed by atoms with E-state index in [0.717, 1.165) is 69.2 Å². The summed E-state index contributed by atoms with van der Waals surface area (Å²) in [7, 11) is 3.39. The van der Waals surface area contributed by atoms with E-state index in [4.69, 9.17) is 16.6 Å². The maximum Gasteiger partial charge on any atom is 0.271 e. The van der Waals surface area contributed by atoms with Gasteiger partial charge < -0.3 is 19.8 Å². The van der Waals surface area contributed by atoms with Gasteiger partial charge in [-0.25, -0.2) is 4.98 Å². The minimum atomic E-state index is -0.378. The van der Waals surface area contributed by atoms with Crippen LogP contribution in [-0.2, 0) is 4.79 Å². The normalized spacial score (nSPS) is 26.5. The molecule has 1 saturated carbocycles. The van der Waals surface area contributed by atoms with Crippen molar-refractivity contribution >= 4 is 29.2 Å². The Morgan fingerprint density at radius 2 is 1.83 bits per heavy atom. The smallest absolute Gasteiger partial charge is 0.271 e. The number of hydrogen-bond acceptors (Lipinski definition) is 6. The Bertz CT molecular complexity index is 1130. The van der Waals surface area contributed by atoms with Crippen LogP contribution in [0.2, 0.25) is 5.02 Å². The maximum absolute atomic E-state index is 13.6. The number of piperidine rings is 1. The molecule has 2 saturated heterocycles. The molecule has 2 aromatic rings. The summed E-state index contributed by atoms with van der Waals surface area (Å²) in [4.78, 5) is 40.5. The summed E-state index contributed by atoms with van der Waals surface area (Å²) in [6.07, 6.45) is 9.25. The van der Waals surface area contributed by atoms with Gasteiger partial charge in [-0.2, -0.15) is 0 Å². The highest BCUT2D eigenvalue weighted by Gasteiger charge is 2.51. The molecule has 3 fully saturated rings. The van der Waals surface area contributed by atoms with E-state index in [0.29, 0.717) is 23.1 Å². The molecule has 9 heteroatoms. The summed E-state index contributed by atoms with van der Waals surface area (Å²) in [5.74, 6) is 0.826. The van der Waals surface area contributed by atoms with Crippen LogP contribution in [0.5, 0.6) is 0 Å². The Morgan fingerprint density at radius 3 is 2.50 bits per heavy atom. The maximum atomic E-state index is 13.6. The van der Waals surface area contributed by atoms with Crippen molar-refractivity contribution in [1.29, 1.82) is 0 Å². The van der Waals surface area contributed by atoms with Gasteiger partial charge in [0.2, 0.25) is 5.91 Å². The van der Waals surface area contributed by atoms with Crippen molar-refractivity contribution in [3.63, 3.8) is 0 Å². The molecule has 4 heterocycles. The third-order valence-corrected chi connectivity index (χ3v) is 8.35. The second-order valence-electron chi connectivity index (χ2n) is 10.7. The Hall–Kier alpha value is -2.71. The van der Waals surface area contributed by atoms with Crippen LogP contribution in [0.15, 0.2) is 30.6 Å². The fourth-order valence-electron chi connectivity index (χ4n) is 6.00. The van der Waals surface area contributed by atoms with Crippen LogP contribution in [0.3, 0.4) is 0 Å². The van der Waals surface area contributed by atoms with Gasteiger partial charge in [0.15, 0.2) is 0 Å². The molecule has 0 aromatic carbocycles. The van der Waals surface area contributed by atoms with Crippen LogP contribution in [0.1, 0.15) is 55.4 Å². The van der Waals surface area contributed by atoms with Gasteiger partial charge in [0.05, 0.1) is 16.5 Å². The molecule has 1 aliphatic carbocycles. The number of carbonyl (C=O) groups is 2. The third kappa shape index (κ3) is 4.68. The molecule has 1 unspecified atom stereocenters. The number of nitrogens with zero attached hydrogens (tertiary/aromatic N) is 5. The van der Waals surface area contributed by atoms with E-state index in [1.807, 2.05) is 12.1 Å². The molecule has 192 valence electrons. The zero-order chi connectivity index (χ0) is 25.4. The Balaban J connectivity index is 1.30. The SMILES string of the molecule is CN(C)C(=O)c1ccc(-c2cnc(N3CCCC4(CCN([C@H]5CC[C@@H](O)CC5)C4=O)C3)c(Cl)c2)cn1. The number of amides is 2. The lowest BCUT2D eigenvalue weighted by Gasteiger charge is -2.41. The summed E-state index contributed by atoms with van der Waals surface area (Å²) in [6, 6.07) is 5.69. The molecule has 5 rings (SSSR count). The van der Waals surface area contributed by atoms with Gasteiger partial charge in [0, 0.05) is 63.3 Å². The number of likely N-dealkylation sites (tertiary alicyclic amines) is 1. The predicted octanol–water partition coefficient (Wildman–Crippen LogP) is 3.62. The highest BCUT2D eigenvalue weighted by Crippen LogP contribution is 2.44. The number of aromatic nitrogens is 2. The first-order valence-corrected chi connectivity index (χ1v) is 13.2. The summed E-state index contributed by atoms with van der Waals surface area (Å²) in [5, 5.41) is 10.4. The fourth-order valence-corrected chi connectivity index (χ4v) is 6.28. The average molecular weight is 512 g/mol. The molecule has 8 nitrogen and oxygen atoms in total. The van der Waals surface area contributed by atoms with E-state index in [-0.39, 0.29) is 29.4 Å². The van der Waals surface area contributed by atoms with E-state index in [9.17, 15) is 14.7 Å². The lowest BCUT2D eigenvalue weighted by molar-refractivity contribution is -0.139. The number of rotatable bonds is 4. The molecule has 2 aromatic heterocycles. The Kier molecular flexibility index (Phi) is 6.92. The number of hydrogen-bond donors (Lipinski definition) is 1. The van der Waals surface area contributed by atoms with E-state index in [2.05, 4.69) is 14.8 Å². The second-order valence-corrected chi connectivity index (χ2v) is 11.1. The van der Waals surface area contributed by atoms with Crippen LogP contribution < -0.4 is 4.90 Å². The minimum absolute atomic E-state index is 0.145. The summed E-state index contributed by atoms with van der Waals surface area (Å²) >= 11 is 6.73. The lowest BCUT2D eigenvalue weighted by atomic mass is 9.78. The van der Waals surface area contributed by atoms with Gasteiger partial charge >= 0.3 is 0 Å². The summed E-state index contributed by atoms with van der Waals surface area (Å²) in [6.45, 7) is 2.25. The van der Waals surface area contributed by atoms with Crippen LogP contribution >= 0.6 is 11.6 Å². The molecule has 3 aliphatic rings. The van der Waals surface area contributed by atoms with Crippen molar-refractivity contribution in [3.05, 3.63) is 41.3 Å². The molecule has 1 N–H and O–H groups in total. The van der Waals surface area contributed by atoms with E-state index in [1.165, 1.54) is 4.90 Å². The van der Waals surface area contributed by atoms with Crippen LogP contribution in [0, 0.1) is 5.41 Å². The number of pyridine rings is 2. The second kappa shape index (κ2) is 9.98. The van der Waals surface area contributed by atoms with Crippen LogP contribution in [-0.4, -0.2) is 82.6 Å². The molecule has 0 bridgehead atoms. The quantitative estimate of drug-likeness (QED) is 0.674. The highest BCUT2D eigenvalue weighted by atomic mass is 35.5. The number of halogens is 1. The number of anilines is 1. The molecular weight excluding hydrogens is 478 g/mol. The topological polar surface area (TPSA) is 89.9 Å². The zero-order valence-electron chi connectivity index (χ0n) is 21.0. The lowest BCUT2D eigenvalue weighted by Crippen LogP contribution is -2.50. The molecule has 2 aliphatic heterocycles. The van der Waals surface area contributed by atoms with Crippen molar-refractivity contribution in [2.45, 2.75) is 57.1 Å². The monoisotopic (exact) mass is 511 g/mol. The van der Waals surface area contributed by atoms with Crippen molar-refractivity contribution in [2.75, 3.05) is 38.6 Å². The Labute approximate surface area is 217 Å². The van der Waals surface area contributed by atoms with Gasteiger partial charge in [-0.05, 0) is 57.1 Å². The molecule has 36 heavy (non-hydrogen) atoms. The summed E-state index contributed by atoms with van der Waals surface area (Å²) in [5.41, 5.74) is 1.67. The fraction of sp³-hybridized carbons (Fsp3) is 0.556. The van der Waals surface area contributed by atoms with Gasteiger partial charge in [-0.3, -0.25) is 14.6 Å². The predicted molar refractivity (Wildman–Crippen MR) is 139 cm³/mol. The van der Waals surface area contributed by atoms with Crippen molar-refractivity contribution in [3.8, 4) is 11.1 Å². The number of aliphatic hydroxyl groups excluding tert-OH is 1. The van der Waals surface area contributed by atoms with Gasteiger partial charge in [0.25, 0.3) is 5.91 Å². The largest absolute Gasteiger partial charge is 0.393 e. The van der Waals surface area contributed by atoms with Crippen LogP contribution in [0.25, 0.3) is 11.1 Å². The molecule has 0 radical (unpaired) electrons. The first-order chi connectivity index (χ1) is 17.3. The van der Waals surface area contributed by atoms with E-state index < -0.39 is 0 Å². The first-order valence-electron chi connectivity index (χ1n) is 12.9. The van der Waals surface area contributed by atoms with Gasteiger partial charge in [-0.1, -0.05) is 17.7 Å². The zero-order valence-corrected chi connectivity index (χ0v) is 21.7. The average Bonchev–Trinajstić information content (AvgIpc) is 3.19. The standard InChI is InChI=1S/C27H34ClN5O3/c1-31(2)25(35)23-9-4-18(15-29-23)19-14-22(28)24(30-16-19)32-12-3-10-27(17-32)11-13-33(26(27)36)20-5-7-21(34)8-6-20/h4,9,14-16,20-21,34H,3,5-8,10-13,17H2,1-2H3/t20-,21+,27?. The Morgan fingerprint density at radius 1 is 1.08 bits per heavy atom. The van der Waals surface area contributed by atoms with Crippen molar-refractivity contribution in [1.82, 2.24) is 19.8 Å². The third-order valence-electron chi connectivity index (χ3n) is 8.07. The molecular formula is C27H34ClN5O3. The molecule has 1 atom stereocenters. The summed E-state index contributed by atoms with van der Waals surface area (Å²) < 4.78 is 0. The molecule has 2 amide bonds. The van der Waals surface area contributed by atoms with E-state index in [1.54, 1.807) is 32.6 Å². The minimum Gasteiger partial charge on any atom is -0.393 e. The van der Waals surface area contributed by atoms with Crippen LogP contribution in [0.4, 0.5) is 5.82 Å². The number of aliphatic hydroxyl groups is 1. The van der Waals surface area contributed by atoms with Crippen molar-refractivity contribution in [2.24, 2.45) is 5.41 Å². The highest BCUT2D eigenvalue weighted by molar-refractivity contribution is 6.33. The van der Waals surface area contributed by atoms with Crippen molar-refractivity contribution < 1.29 is 14.7 Å². The number of carbonyl (C=O) groups excluding carboxylic acids is 2. The van der Waals surface area contributed by atoms with Gasteiger partial charge in [-0.15, -0.1) is 0 Å². The molecule has 1 spiro atoms. The van der Waals surface area contributed by atoms with Gasteiger partial charge in [0.1, 0.15) is 11.5 Å². The van der Waals surface area contributed by atoms with E-state index >= 15 is 0 Å².